The molecule has 0 amide bonds. The van der Waals surface area contributed by atoms with Crippen LogP contribution < -0.4 is 16.0 Å². The predicted octanol–water partition coefficient (Wildman–Crippen LogP) is 10.0. The van der Waals surface area contributed by atoms with Crippen molar-refractivity contribution in [1.82, 2.24) is 4.57 Å². The Labute approximate surface area is 233 Å². The van der Waals surface area contributed by atoms with Gasteiger partial charge >= 0.3 is 0 Å². The summed E-state index contributed by atoms with van der Waals surface area (Å²) in [7, 11) is 0. The molecule has 0 radical (unpaired) electrons. The predicted molar refractivity (Wildman–Crippen MR) is 170 cm³/mol. The molecule has 0 spiro atoms. The van der Waals surface area contributed by atoms with Crippen molar-refractivity contribution in [3.05, 3.63) is 152 Å². The van der Waals surface area contributed by atoms with Gasteiger partial charge in [-0.2, -0.15) is 0 Å². The van der Waals surface area contributed by atoms with Crippen LogP contribution in [-0.4, -0.2) is 4.57 Å². The van der Waals surface area contributed by atoms with Crippen LogP contribution in [0.3, 0.4) is 0 Å². The van der Waals surface area contributed by atoms with Gasteiger partial charge in [0.05, 0.1) is 11.0 Å². The number of rotatable bonds is 7. The molecule has 0 aliphatic heterocycles. The van der Waals surface area contributed by atoms with Gasteiger partial charge in [0, 0.05) is 50.6 Å². The Kier molecular flexibility index (Phi) is 6.11. The van der Waals surface area contributed by atoms with Crippen LogP contribution in [0.1, 0.15) is 0 Å². The molecule has 40 heavy (non-hydrogen) atoms. The smallest absolute Gasteiger partial charge is 0.0561 e. The maximum absolute atomic E-state index is 3.56. The van der Waals surface area contributed by atoms with Gasteiger partial charge in [0.25, 0.3) is 0 Å². The number of nitrogens with zero attached hydrogens (tertiary/aromatic N) is 1. The Morgan fingerprint density at radius 3 is 1.10 bits per heavy atom. The maximum atomic E-state index is 3.56. The number of para-hydroxylation sites is 3. The Morgan fingerprint density at radius 2 is 0.675 bits per heavy atom. The third-order valence-corrected chi connectivity index (χ3v) is 7.08. The van der Waals surface area contributed by atoms with Crippen LogP contribution in [0.15, 0.2) is 152 Å². The fraction of sp³-hybridized carbons (Fsp3) is 0. The molecular formula is C36H28N4. The third-order valence-electron chi connectivity index (χ3n) is 7.08. The van der Waals surface area contributed by atoms with Crippen LogP contribution in [0, 0.1) is 0 Å². The molecule has 0 unspecified atom stereocenters. The first-order chi connectivity index (χ1) is 19.8. The second-order valence-corrected chi connectivity index (χ2v) is 9.82. The summed E-state index contributed by atoms with van der Waals surface area (Å²) in [5.74, 6) is 0. The number of hydrogen-bond acceptors (Lipinski definition) is 3. The van der Waals surface area contributed by atoms with E-state index in [9.17, 15) is 0 Å². The molecule has 7 rings (SSSR count). The van der Waals surface area contributed by atoms with Gasteiger partial charge in [0.2, 0.25) is 0 Å². The van der Waals surface area contributed by atoms with Crippen molar-refractivity contribution in [2.75, 3.05) is 16.0 Å². The van der Waals surface area contributed by atoms with Crippen molar-refractivity contribution < 1.29 is 0 Å². The summed E-state index contributed by atoms with van der Waals surface area (Å²) in [6.45, 7) is 0. The number of benzene rings is 6. The standard InChI is InChI=1S/C36H28N4/c1-4-10-26(11-5-1)37-29-16-20-32(21-17-29)40-35-24-30(38-27-12-6-2-7-13-27)18-22-33(35)34-23-19-31(25-36(34)40)39-28-14-8-3-9-15-28/h1-25,37-39H. The lowest BCUT2D eigenvalue weighted by Crippen LogP contribution is -1.97. The van der Waals surface area contributed by atoms with Gasteiger partial charge in [-0.05, 0) is 84.9 Å². The van der Waals surface area contributed by atoms with E-state index in [1.54, 1.807) is 0 Å². The van der Waals surface area contributed by atoms with Gasteiger partial charge in [-0.15, -0.1) is 0 Å². The summed E-state index contributed by atoms with van der Waals surface area (Å²) < 4.78 is 2.35. The van der Waals surface area contributed by atoms with E-state index in [1.165, 1.54) is 10.8 Å². The molecule has 3 N–H and O–H groups in total. The molecule has 192 valence electrons. The lowest BCUT2D eigenvalue weighted by molar-refractivity contribution is 1.18. The lowest BCUT2D eigenvalue weighted by atomic mass is 10.1. The Bertz CT molecular complexity index is 1790. The normalized spacial score (nSPS) is 11.0. The summed E-state index contributed by atoms with van der Waals surface area (Å²) in [4.78, 5) is 0. The van der Waals surface area contributed by atoms with E-state index in [2.05, 4.69) is 118 Å². The van der Waals surface area contributed by atoms with Crippen LogP contribution in [0.25, 0.3) is 27.5 Å². The molecule has 0 bridgehead atoms. The first-order valence-electron chi connectivity index (χ1n) is 13.5. The van der Waals surface area contributed by atoms with Crippen molar-refractivity contribution >= 4 is 55.9 Å². The van der Waals surface area contributed by atoms with Crippen LogP contribution in [0.5, 0.6) is 0 Å². The van der Waals surface area contributed by atoms with Gasteiger partial charge in [0.1, 0.15) is 0 Å². The van der Waals surface area contributed by atoms with E-state index >= 15 is 0 Å². The number of anilines is 6. The summed E-state index contributed by atoms with van der Waals surface area (Å²) in [5, 5.41) is 13.1. The minimum absolute atomic E-state index is 1.05. The summed E-state index contributed by atoms with van der Waals surface area (Å²) in [6, 6.07) is 52.7. The fourth-order valence-corrected chi connectivity index (χ4v) is 5.21. The van der Waals surface area contributed by atoms with Gasteiger partial charge in [-0.25, -0.2) is 0 Å². The number of hydrogen-bond donors (Lipinski definition) is 3. The average molecular weight is 517 g/mol. The monoisotopic (exact) mass is 516 g/mol. The highest BCUT2D eigenvalue weighted by Gasteiger charge is 2.14. The van der Waals surface area contributed by atoms with Crippen LogP contribution in [0.2, 0.25) is 0 Å². The van der Waals surface area contributed by atoms with Gasteiger partial charge in [-0.1, -0.05) is 66.7 Å². The average Bonchev–Trinajstić information content (AvgIpc) is 3.32. The zero-order valence-corrected chi connectivity index (χ0v) is 21.9. The number of nitrogens with one attached hydrogen (secondary N) is 3. The molecule has 4 heteroatoms. The van der Waals surface area contributed by atoms with Crippen LogP contribution in [0.4, 0.5) is 34.1 Å². The highest BCUT2D eigenvalue weighted by atomic mass is 15.0. The Hall–Kier alpha value is -5.48. The minimum atomic E-state index is 1.05. The summed E-state index contributed by atoms with van der Waals surface area (Å²) in [5.41, 5.74) is 9.75. The highest BCUT2D eigenvalue weighted by molar-refractivity contribution is 6.11. The zero-order valence-electron chi connectivity index (χ0n) is 21.9. The number of aromatic nitrogens is 1. The third kappa shape index (κ3) is 4.74. The Balaban J connectivity index is 1.34. The van der Waals surface area contributed by atoms with Gasteiger partial charge in [-0.3, -0.25) is 0 Å². The second-order valence-electron chi connectivity index (χ2n) is 9.82. The molecule has 1 heterocycles. The van der Waals surface area contributed by atoms with E-state index in [0.29, 0.717) is 0 Å². The molecule has 4 nitrogen and oxygen atoms in total. The number of fused-ring (bicyclic) bond motifs is 3. The van der Waals surface area contributed by atoms with Crippen LogP contribution in [-0.2, 0) is 0 Å². The van der Waals surface area contributed by atoms with Crippen molar-refractivity contribution in [2.45, 2.75) is 0 Å². The van der Waals surface area contributed by atoms with E-state index in [1.807, 2.05) is 54.6 Å². The van der Waals surface area contributed by atoms with Crippen molar-refractivity contribution in [3.63, 3.8) is 0 Å². The molecule has 0 saturated carbocycles. The fourth-order valence-electron chi connectivity index (χ4n) is 5.21. The second kappa shape index (κ2) is 10.4. The molecule has 7 aromatic rings. The minimum Gasteiger partial charge on any atom is -0.356 e. The van der Waals surface area contributed by atoms with E-state index in [4.69, 9.17) is 0 Å². The zero-order chi connectivity index (χ0) is 26.7. The first kappa shape index (κ1) is 23.6. The summed E-state index contributed by atoms with van der Waals surface area (Å²) >= 11 is 0. The summed E-state index contributed by atoms with van der Waals surface area (Å²) in [6.07, 6.45) is 0. The molecule has 1 aromatic heterocycles. The Morgan fingerprint density at radius 1 is 0.325 bits per heavy atom. The van der Waals surface area contributed by atoms with Crippen molar-refractivity contribution in [2.24, 2.45) is 0 Å². The molecule has 6 aromatic carbocycles. The molecule has 0 aliphatic carbocycles. The van der Waals surface area contributed by atoms with Gasteiger partial charge in [0.15, 0.2) is 0 Å². The van der Waals surface area contributed by atoms with Gasteiger partial charge < -0.3 is 20.5 Å². The van der Waals surface area contributed by atoms with E-state index in [-0.39, 0.29) is 0 Å². The topological polar surface area (TPSA) is 41.0 Å². The molecule has 0 fully saturated rings. The first-order valence-corrected chi connectivity index (χ1v) is 13.5. The maximum Gasteiger partial charge on any atom is 0.0561 e. The largest absolute Gasteiger partial charge is 0.356 e. The van der Waals surface area contributed by atoms with E-state index in [0.717, 1.165) is 50.8 Å². The van der Waals surface area contributed by atoms with Crippen molar-refractivity contribution in [1.29, 1.82) is 0 Å². The van der Waals surface area contributed by atoms with E-state index < -0.39 is 0 Å². The molecule has 0 saturated heterocycles. The van der Waals surface area contributed by atoms with Crippen molar-refractivity contribution in [3.8, 4) is 5.69 Å². The highest BCUT2D eigenvalue weighted by Crippen LogP contribution is 2.36. The quantitative estimate of drug-likeness (QED) is 0.197. The molecule has 0 aliphatic rings. The molecule has 0 atom stereocenters. The van der Waals surface area contributed by atoms with Crippen LogP contribution >= 0.6 is 0 Å². The lowest BCUT2D eigenvalue weighted by Gasteiger charge is -2.12. The SMILES string of the molecule is c1ccc(Nc2ccc(-n3c4cc(Nc5ccccc5)ccc4c4ccc(Nc5ccccc5)cc43)cc2)cc1. The molecular weight excluding hydrogens is 488 g/mol.